The highest BCUT2D eigenvalue weighted by Gasteiger charge is 2.30. The van der Waals surface area contributed by atoms with Gasteiger partial charge in [-0.15, -0.1) is 0 Å². The number of hydrogen-bond donors (Lipinski definition) is 2. The Balaban J connectivity index is 1.99. The summed E-state index contributed by atoms with van der Waals surface area (Å²) in [6.07, 6.45) is 3.74. The maximum absolute atomic E-state index is 11.7. The molecule has 1 aliphatic rings. The Morgan fingerprint density at radius 2 is 1.96 bits per heavy atom. The highest BCUT2D eigenvalue weighted by atomic mass is 16.6. The number of hydrogen-bond acceptors (Lipinski definition) is 7. The molecule has 0 saturated carbocycles. The molecule has 0 spiro atoms. The summed E-state index contributed by atoms with van der Waals surface area (Å²) in [6.45, 7) is 2.97. The molecular weight excluding hydrogens is 352 g/mol. The quantitative estimate of drug-likeness (QED) is 0.474. The monoisotopic (exact) mass is 380 g/mol. The van der Waals surface area contributed by atoms with Gasteiger partial charge in [-0.25, -0.2) is 10.7 Å². The lowest BCUT2D eigenvalue weighted by atomic mass is 10.1. The van der Waals surface area contributed by atoms with E-state index < -0.39 is 18.3 Å². The van der Waals surface area contributed by atoms with Crippen molar-refractivity contribution < 1.29 is 28.6 Å². The third-order valence-corrected chi connectivity index (χ3v) is 3.98. The van der Waals surface area contributed by atoms with Gasteiger partial charge in [-0.2, -0.15) is 0 Å². The maximum atomic E-state index is 11.7. The third-order valence-electron chi connectivity index (χ3n) is 3.98. The Bertz CT molecular complexity index is 592. The Morgan fingerprint density at radius 3 is 2.63 bits per heavy atom. The number of nitrogens with one attached hydrogen (secondary N) is 1. The van der Waals surface area contributed by atoms with E-state index in [9.17, 15) is 4.79 Å². The van der Waals surface area contributed by atoms with E-state index in [4.69, 9.17) is 24.8 Å². The fraction of sp³-hybridized carbons (Fsp3) is 0.526. The van der Waals surface area contributed by atoms with Crippen molar-refractivity contribution >= 4 is 6.09 Å². The summed E-state index contributed by atoms with van der Waals surface area (Å²) in [6, 6.07) is 7.25. The van der Waals surface area contributed by atoms with E-state index in [2.05, 4.69) is 10.2 Å². The molecule has 0 radical (unpaired) electrons. The van der Waals surface area contributed by atoms with Crippen LogP contribution in [0.4, 0.5) is 4.79 Å². The number of nitrogens with two attached hydrogens (primary N) is 1. The van der Waals surface area contributed by atoms with E-state index in [0.717, 1.165) is 12.2 Å². The molecule has 8 heteroatoms. The molecule has 0 aromatic heterocycles. The molecular formula is C19H28N2O6. The Hall–Kier alpha value is -2.29. The minimum atomic E-state index is -0.472. The molecule has 3 N–H and O–H groups in total. The van der Waals surface area contributed by atoms with Crippen molar-refractivity contribution in [2.45, 2.75) is 38.1 Å². The fourth-order valence-electron chi connectivity index (χ4n) is 2.55. The molecule has 1 amide bonds. The fourth-order valence-corrected chi connectivity index (χ4v) is 2.55. The highest BCUT2D eigenvalue weighted by Crippen LogP contribution is 2.23. The molecule has 0 unspecified atom stereocenters. The Morgan fingerprint density at radius 1 is 1.22 bits per heavy atom. The van der Waals surface area contributed by atoms with Crippen molar-refractivity contribution in [3.8, 4) is 11.5 Å². The molecule has 0 aliphatic carbocycles. The van der Waals surface area contributed by atoms with E-state index >= 15 is 0 Å². The van der Waals surface area contributed by atoms with Gasteiger partial charge in [-0.05, 0) is 36.8 Å². The SMILES string of the molecule is CCCNC(=O)OC[C@H]1O[C@H](CCON)C=C[C@@H]1Oc1ccc(OC)cc1. The Kier molecular flexibility index (Phi) is 8.90. The van der Waals surface area contributed by atoms with Crippen molar-refractivity contribution in [1.82, 2.24) is 5.32 Å². The van der Waals surface area contributed by atoms with Gasteiger partial charge >= 0.3 is 6.09 Å². The molecule has 1 aromatic rings. The smallest absolute Gasteiger partial charge is 0.407 e. The first-order valence-corrected chi connectivity index (χ1v) is 9.03. The molecule has 1 aliphatic heterocycles. The van der Waals surface area contributed by atoms with Gasteiger partial charge in [-0.3, -0.25) is 0 Å². The predicted molar refractivity (Wildman–Crippen MR) is 99.6 cm³/mol. The zero-order valence-electron chi connectivity index (χ0n) is 15.8. The first-order valence-electron chi connectivity index (χ1n) is 9.03. The van der Waals surface area contributed by atoms with Crippen molar-refractivity contribution in [3.05, 3.63) is 36.4 Å². The van der Waals surface area contributed by atoms with Gasteiger partial charge in [0, 0.05) is 13.0 Å². The zero-order chi connectivity index (χ0) is 19.5. The minimum Gasteiger partial charge on any atom is -0.497 e. The van der Waals surface area contributed by atoms with E-state index in [1.807, 2.05) is 43.3 Å². The van der Waals surface area contributed by atoms with Crippen molar-refractivity contribution in [1.29, 1.82) is 0 Å². The second kappa shape index (κ2) is 11.4. The minimum absolute atomic E-state index is 0.0701. The first kappa shape index (κ1) is 21.0. The van der Waals surface area contributed by atoms with Crippen LogP contribution in [0.3, 0.4) is 0 Å². The predicted octanol–water partition coefficient (Wildman–Crippen LogP) is 2.18. The van der Waals surface area contributed by atoms with E-state index in [1.54, 1.807) is 7.11 Å². The maximum Gasteiger partial charge on any atom is 0.407 e. The molecule has 150 valence electrons. The second-order valence-corrected chi connectivity index (χ2v) is 6.04. The lowest BCUT2D eigenvalue weighted by molar-refractivity contribution is -0.0810. The van der Waals surface area contributed by atoms with Gasteiger partial charge in [-0.1, -0.05) is 13.0 Å². The summed E-state index contributed by atoms with van der Waals surface area (Å²) in [5, 5.41) is 2.67. The molecule has 2 rings (SSSR count). The molecule has 0 saturated heterocycles. The zero-order valence-corrected chi connectivity index (χ0v) is 15.8. The molecule has 1 aromatic carbocycles. The molecule has 1 heterocycles. The first-order chi connectivity index (χ1) is 13.2. The van der Waals surface area contributed by atoms with Crippen LogP contribution in [0.25, 0.3) is 0 Å². The number of methoxy groups -OCH3 is 1. The summed E-state index contributed by atoms with van der Waals surface area (Å²) >= 11 is 0. The number of carbonyl (C=O) groups excluding carboxylic acids is 1. The van der Waals surface area contributed by atoms with Gasteiger partial charge < -0.3 is 29.1 Å². The van der Waals surface area contributed by atoms with Gasteiger partial charge in [0.1, 0.15) is 30.3 Å². The van der Waals surface area contributed by atoms with Gasteiger partial charge in [0.25, 0.3) is 0 Å². The number of alkyl carbamates (subject to hydrolysis) is 1. The summed E-state index contributed by atoms with van der Waals surface area (Å²) in [4.78, 5) is 16.3. The number of benzene rings is 1. The number of carbonyl (C=O) groups is 1. The summed E-state index contributed by atoms with van der Waals surface area (Å²) in [5.74, 6) is 6.49. The average Bonchev–Trinajstić information content (AvgIpc) is 2.70. The molecule has 0 bridgehead atoms. The van der Waals surface area contributed by atoms with Gasteiger partial charge in [0.15, 0.2) is 0 Å². The Labute approximate surface area is 159 Å². The molecule has 27 heavy (non-hydrogen) atoms. The van der Waals surface area contributed by atoms with Crippen molar-refractivity contribution in [2.75, 3.05) is 26.9 Å². The third kappa shape index (κ3) is 7.09. The van der Waals surface area contributed by atoms with Crippen LogP contribution in [0.5, 0.6) is 11.5 Å². The second-order valence-electron chi connectivity index (χ2n) is 6.04. The average molecular weight is 380 g/mol. The topological polar surface area (TPSA) is 101 Å². The number of ether oxygens (including phenoxy) is 4. The van der Waals surface area contributed by atoms with Crippen LogP contribution in [0.2, 0.25) is 0 Å². The van der Waals surface area contributed by atoms with Crippen LogP contribution in [0.1, 0.15) is 19.8 Å². The molecule has 3 atom stereocenters. The van der Waals surface area contributed by atoms with Crippen molar-refractivity contribution in [2.24, 2.45) is 5.90 Å². The summed E-state index contributed by atoms with van der Waals surface area (Å²) in [7, 11) is 1.61. The highest BCUT2D eigenvalue weighted by molar-refractivity contribution is 5.67. The van der Waals surface area contributed by atoms with Crippen LogP contribution < -0.4 is 20.7 Å². The van der Waals surface area contributed by atoms with Gasteiger partial charge in [0.2, 0.25) is 0 Å². The summed E-state index contributed by atoms with van der Waals surface area (Å²) < 4.78 is 22.4. The van der Waals surface area contributed by atoms with E-state index in [0.29, 0.717) is 25.3 Å². The van der Waals surface area contributed by atoms with Crippen LogP contribution in [-0.4, -0.2) is 51.3 Å². The normalized spacial score (nSPS) is 21.5. The van der Waals surface area contributed by atoms with Crippen LogP contribution in [0.15, 0.2) is 36.4 Å². The van der Waals surface area contributed by atoms with Gasteiger partial charge in [0.05, 0.1) is 19.8 Å². The lowest BCUT2D eigenvalue weighted by Gasteiger charge is -2.32. The van der Waals surface area contributed by atoms with E-state index in [-0.39, 0.29) is 12.7 Å². The number of rotatable bonds is 10. The van der Waals surface area contributed by atoms with Crippen molar-refractivity contribution in [3.63, 3.8) is 0 Å². The number of amides is 1. The van der Waals surface area contributed by atoms with Crippen LogP contribution >= 0.6 is 0 Å². The standard InChI is InChI=1S/C19H28N2O6/c1-3-11-21-19(22)24-13-18-17(9-8-16(27-18)10-12-25-20)26-15-6-4-14(23-2)5-7-15/h4-9,16-18H,3,10-13,20H2,1-2H3,(H,21,22)/t16-,17-,18+/m0/s1. The lowest BCUT2D eigenvalue weighted by Crippen LogP contribution is -2.43. The largest absolute Gasteiger partial charge is 0.497 e. The molecule has 8 nitrogen and oxygen atoms in total. The van der Waals surface area contributed by atoms with E-state index in [1.165, 1.54) is 0 Å². The summed E-state index contributed by atoms with van der Waals surface area (Å²) in [5.41, 5.74) is 0. The van der Waals surface area contributed by atoms with Crippen LogP contribution in [-0.2, 0) is 14.3 Å². The molecule has 0 fully saturated rings. The van der Waals surface area contributed by atoms with Crippen LogP contribution in [0, 0.1) is 0 Å².